The maximum atomic E-state index is 4.39. The van der Waals surface area contributed by atoms with Gasteiger partial charge in [0.2, 0.25) is 0 Å². The minimum atomic E-state index is 0.296. The Balaban J connectivity index is 2.64. The Morgan fingerprint density at radius 3 is 2.44 bits per heavy atom. The summed E-state index contributed by atoms with van der Waals surface area (Å²) in [5, 5.41) is 0. The predicted octanol–water partition coefficient (Wildman–Crippen LogP) is 3.71. The zero-order valence-electron chi connectivity index (χ0n) is 10.8. The second kappa shape index (κ2) is 5.28. The van der Waals surface area contributed by atoms with E-state index >= 15 is 0 Å². The molecule has 3 heteroatoms. The minimum absolute atomic E-state index is 0.296. The summed E-state index contributed by atoms with van der Waals surface area (Å²) in [4.78, 5) is 6.74. The molecule has 2 nitrogen and oxygen atoms in total. The Morgan fingerprint density at radius 1 is 1.38 bits per heavy atom. The van der Waals surface area contributed by atoms with Crippen molar-refractivity contribution in [2.24, 2.45) is 5.41 Å². The number of pyridine rings is 1. The van der Waals surface area contributed by atoms with Crippen LogP contribution in [0.15, 0.2) is 22.8 Å². The summed E-state index contributed by atoms with van der Waals surface area (Å²) in [7, 11) is 2.15. The third kappa shape index (κ3) is 3.87. The van der Waals surface area contributed by atoms with Gasteiger partial charge in [0.25, 0.3) is 0 Å². The number of rotatable bonds is 3. The lowest BCUT2D eigenvalue weighted by atomic mass is 9.87. The Bertz CT molecular complexity index is 327. The third-order valence-corrected chi connectivity index (χ3v) is 3.58. The van der Waals surface area contributed by atoms with Crippen LogP contribution in [0.25, 0.3) is 0 Å². The molecule has 1 aromatic rings. The SMILES string of the molecule is CC(N(C)Cc1ccc(Br)cn1)C(C)(C)C. The fourth-order valence-corrected chi connectivity index (χ4v) is 1.79. The third-order valence-electron chi connectivity index (χ3n) is 3.11. The fraction of sp³-hybridized carbons (Fsp3) is 0.615. The second-order valence-corrected chi connectivity index (χ2v) is 6.34. The van der Waals surface area contributed by atoms with Crippen molar-refractivity contribution in [2.75, 3.05) is 7.05 Å². The first-order valence-corrected chi connectivity index (χ1v) is 6.40. The summed E-state index contributed by atoms with van der Waals surface area (Å²) in [5.41, 5.74) is 1.41. The summed E-state index contributed by atoms with van der Waals surface area (Å²) in [6.07, 6.45) is 1.85. The van der Waals surface area contributed by atoms with Gasteiger partial charge in [-0.15, -0.1) is 0 Å². The highest BCUT2D eigenvalue weighted by atomic mass is 79.9. The molecule has 1 aromatic heterocycles. The summed E-state index contributed by atoms with van der Waals surface area (Å²) >= 11 is 3.40. The van der Waals surface area contributed by atoms with Gasteiger partial charge in [-0.3, -0.25) is 9.88 Å². The monoisotopic (exact) mass is 284 g/mol. The van der Waals surface area contributed by atoms with E-state index in [9.17, 15) is 0 Å². The molecule has 0 N–H and O–H groups in total. The maximum absolute atomic E-state index is 4.39. The van der Waals surface area contributed by atoms with Crippen molar-refractivity contribution in [2.45, 2.75) is 40.3 Å². The van der Waals surface area contributed by atoms with Crippen molar-refractivity contribution in [1.29, 1.82) is 0 Å². The fourth-order valence-electron chi connectivity index (χ4n) is 1.55. The molecule has 0 saturated carbocycles. The minimum Gasteiger partial charge on any atom is -0.297 e. The topological polar surface area (TPSA) is 16.1 Å². The van der Waals surface area contributed by atoms with Gasteiger partial charge < -0.3 is 0 Å². The number of nitrogens with zero attached hydrogens (tertiary/aromatic N) is 2. The molecular weight excluding hydrogens is 264 g/mol. The van der Waals surface area contributed by atoms with Crippen molar-refractivity contribution in [1.82, 2.24) is 9.88 Å². The van der Waals surface area contributed by atoms with Crippen LogP contribution in [0.1, 0.15) is 33.4 Å². The van der Waals surface area contributed by atoms with E-state index in [1.165, 1.54) is 0 Å². The zero-order valence-corrected chi connectivity index (χ0v) is 12.4. The molecule has 0 saturated heterocycles. The summed E-state index contributed by atoms with van der Waals surface area (Å²) in [5.74, 6) is 0. The van der Waals surface area contributed by atoms with E-state index in [0.717, 1.165) is 16.7 Å². The highest BCUT2D eigenvalue weighted by Crippen LogP contribution is 2.23. The molecule has 1 rings (SSSR count). The van der Waals surface area contributed by atoms with E-state index in [-0.39, 0.29) is 0 Å². The Morgan fingerprint density at radius 2 is 2.00 bits per heavy atom. The summed E-state index contributed by atoms with van der Waals surface area (Å²) in [6.45, 7) is 9.96. The Kier molecular flexibility index (Phi) is 4.51. The van der Waals surface area contributed by atoms with Crippen LogP contribution in [-0.2, 0) is 6.54 Å². The average Bonchev–Trinajstić information content (AvgIpc) is 2.19. The molecule has 0 amide bonds. The van der Waals surface area contributed by atoms with Crippen LogP contribution in [0.4, 0.5) is 0 Å². The predicted molar refractivity (Wildman–Crippen MR) is 72.3 cm³/mol. The van der Waals surface area contributed by atoms with Crippen molar-refractivity contribution in [3.05, 3.63) is 28.5 Å². The van der Waals surface area contributed by atoms with Crippen molar-refractivity contribution >= 4 is 15.9 Å². The first-order valence-electron chi connectivity index (χ1n) is 5.61. The summed E-state index contributed by atoms with van der Waals surface area (Å²) in [6, 6.07) is 4.63. The highest BCUT2D eigenvalue weighted by Gasteiger charge is 2.23. The maximum Gasteiger partial charge on any atom is 0.0544 e. The van der Waals surface area contributed by atoms with Crippen molar-refractivity contribution in [3.63, 3.8) is 0 Å². The van der Waals surface area contributed by atoms with E-state index in [1.54, 1.807) is 0 Å². The molecule has 0 aromatic carbocycles. The van der Waals surface area contributed by atoms with Gasteiger partial charge in [-0.05, 0) is 47.4 Å². The van der Waals surface area contributed by atoms with E-state index in [4.69, 9.17) is 0 Å². The molecule has 1 heterocycles. The molecule has 0 bridgehead atoms. The molecule has 0 aliphatic carbocycles. The van der Waals surface area contributed by atoms with Gasteiger partial charge in [-0.2, -0.15) is 0 Å². The van der Waals surface area contributed by atoms with Gasteiger partial charge in [0.15, 0.2) is 0 Å². The Hall–Kier alpha value is -0.410. The normalized spacial score (nSPS) is 14.2. The van der Waals surface area contributed by atoms with E-state index in [1.807, 2.05) is 12.3 Å². The number of aromatic nitrogens is 1. The Labute approximate surface area is 107 Å². The molecule has 16 heavy (non-hydrogen) atoms. The molecule has 0 radical (unpaired) electrons. The molecular formula is C13H21BrN2. The number of hydrogen-bond acceptors (Lipinski definition) is 2. The van der Waals surface area contributed by atoms with Crippen molar-refractivity contribution in [3.8, 4) is 0 Å². The quantitative estimate of drug-likeness (QED) is 0.841. The molecule has 1 atom stereocenters. The first-order chi connectivity index (χ1) is 7.30. The van der Waals surface area contributed by atoms with Gasteiger partial charge in [0.1, 0.15) is 0 Å². The van der Waals surface area contributed by atoms with Crippen LogP contribution in [0.2, 0.25) is 0 Å². The first kappa shape index (κ1) is 13.7. The van der Waals surface area contributed by atoms with Gasteiger partial charge >= 0.3 is 0 Å². The van der Waals surface area contributed by atoms with E-state index < -0.39 is 0 Å². The van der Waals surface area contributed by atoms with Gasteiger partial charge in [0, 0.05) is 23.3 Å². The van der Waals surface area contributed by atoms with Crippen LogP contribution in [0.3, 0.4) is 0 Å². The molecule has 0 aliphatic heterocycles. The van der Waals surface area contributed by atoms with E-state index in [0.29, 0.717) is 11.5 Å². The van der Waals surface area contributed by atoms with Gasteiger partial charge in [0.05, 0.1) is 5.69 Å². The number of hydrogen-bond donors (Lipinski definition) is 0. The molecule has 1 unspecified atom stereocenters. The highest BCUT2D eigenvalue weighted by molar-refractivity contribution is 9.10. The molecule has 0 spiro atoms. The van der Waals surface area contributed by atoms with Crippen LogP contribution < -0.4 is 0 Å². The largest absolute Gasteiger partial charge is 0.297 e. The lowest BCUT2D eigenvalue weighted by Gasteiger charge is -2.35. The summed E-state index contributed by atoms with van der Waals surface area (Å²) < 4.78 is 1.03. The van der Waals surface area contributed by atoms with Crippen LogP contribution >= 0.6 is 15.9 Å². The van der Waals surface area contributed by atoms with Gasteiger partial charge in [-0.25, -0.2) is 0 Å². The van der Waals surface area contributed by atoms with Crippen LogP contribution in [-0.4, -0.2) is 23.0 Å². The number of halogens is 1. The van der Waals surface area contributed by atoms with E-state index in [2.05, 4.69) is 66.6 Å². The second-order valence-electron chi connectivity index (χ2n) is 5.42. The van der Waals surface area contributed by atoms with Crippen LogP contribution in [0, 0.1) is 5.41 Å². The smallest absolute Gasteiger partial charge is 0.0544 e. The lowest BCUT2D eigenvalue weighted by molar-refractivity contribution is 0.133. The zero-order chi connectivity index (χ0) is 12.3. The molecule has 90 valence electrons. The van der Waals surface area contributed by atoms with Gasteiger partial charge in [-0.1, -0.05) is 20.8 Å². The van der Waals surface area contributed by atoms with Crippen LogP contribution in [0.5, 0.6) is 0 Å². The lowest BCUT2D eigenvalue weighted by Crippen LogP contribution is -2.38. The molecule has 0 fully saturated rings. The average molecular weight is 285 g/mol. The molecule has 0 aliphatic rings. The van der Waals surface area contributed by atoms with Crippen molar-refractivity contribution < 1.29 is 0 Å². The standard InChI is InChI=1S/C13H21BrN2/c1-10(13(2,3)4)16(5)9-12-7-6-11(14)8-15-12/h6-8,10H,9H2,1-5H3.